The summed E-state index contributed by atoms with van der Waals surface area (Å²) in [6.45, 7) is 2.34. The Kier molecular flexibility index (Phi) is 5.15. The van der Waals surface area contributed by atoms with Crippen molar-refractivity contribution >= 4 is 23.3 Å². The number of carbonyl (C=O) groups is 1. The topological polar surface area (TPSA) is 81.3 Å². The zero-order valence-corrected chi connectivity index (χ0v) is 13.9. The number of halogens is 1. The minimum Gasteiger partial charge on any atom is -0.492 e. The predicted octanol–water partition coefficient (Wildman–Crippen LogP) is 2.52. The number of benzene rings is 1. The maximum atomic E-state index is 11.1. The number of primary amides is 1. The van der Waals surface area contributed by atoms with Crippen LogP contribution in [-0.2, 0) is 0 Å². The van der Waals surface area contributed by atoms with E-state index in [1.807, 2.05) is 24.3 Å². The molecule has 0 saturated carbocycles. The molecular weight excluding hydrogens is 328 g/mol. The van der Waals surface area contributed by atoms with E-state index in [0.29, 0.717) is 23.3 Å². The minimum atomic E-state index is -0.571. The SMILES string of the molecule is NC(=O)c1ccc(N2CCCC(COc3ccccc3Cl)C2)nn1. The van der Waals surface area contributed by atoms with Crippen LogP contribution in [0, 0.1) is 5.92 Å². The molecule has 2 aromatic rings. The summed E-state index contributed by atoms with van der Waals surface area (Å²) in [5.74, 6) is 1.27. The van der Waals surface area contributed by atoms with Crippen LogP contribution < -0.4 is 15.4 Å². The predicted molar refractivity (Wildman–Crippen MR) is 92.4 cm³/mol. The highest BCUT2D eigenvalue weighted by Gasteiger charge is 2.22. The van der Waals surface area contributed by atoms with Crippen LogP contribution in [0.4, 0.5) is 5.82 Å². The van der Waals surface area contributed by atoms with Crippen molar-refractivity contribution in [3.8, 4) is 5.75 Å². The Morgan fingerprint density at radius 2 is 2.12 bits per heavy atom. The first-order valence-electron chi connectivity index (χ1n) is 7.89. The third-order valence-electron chi connectivity index (χ3n) is 4.06. The second-order valence-corrected chi connectivity index (χ2v) is 6.24. The van der Waals surface area contributed by atoms with Crippen LogP contribution in [0.5, 0.6) is 5.75 Å². The molecule has 126 valence electrons. The van der Waals surface area contributed by atoms with Crippen LogP contribution in [0.15, 0.2) is 36.4 Å². The van der Waals surface area contributed by atoms with E-state index >= 15 is 0 Å². The third kappa shape index (κ3) is 3.94. The van der Waals surface area contributed by atoms with Gasteiger partial charge in [-0.2, -0.15) is 0 Å². The molecular formula is C17H19ClN4O2. The van der Waals surface area contributed by atoms with Crippen LogP contribution in [-0.4, -0.2) is 35.8 Å². The van der Waals surface area contributed by atoms with Crippen molar-refractivity contribution in [3.05, 3.63) is 47.1 Å². The van der Waals surface area contributed by atoms with Gasteiger partial charge in [-0.3, -0.25) is 4.79 Å². The molecule has 1 saturated heterocycles. The second kappa shape index (κ2) is 7.49. The molecule has 1 aromatic carbocycles. The largest absolute Gasteiger partial charge is 0.492 e. The molecule has 7 heteroatoms. The van der Waals surface area contributed by atoms with Gasteiger partial charge in [0.25, 0.3) is 5.91 Å². The number of anilines is 1. The zero-order valence-electron chi connectivity index (χ0n) is 13.2. The summed E-state index contributed by atoms with van der Waals surface area (Å²) in [5, 5.41) is 8.60. The lowest BCUT2D eigenvalue weighted by Crippen LogP contribution is -2.38. The molecule has 1 fully saturated rings. The van der Waals surface area contributed by atoms with Gasteiger partial charge in [-0.15, -0.1) is 10.2 Å². The van der Waals surface area contributed by atoms with E-state index < -0.39 is 5.91 Å². The highest BCUT2D eigenvalue weighted by molar-refractivity contribution is 6.32. The molecule has 2 heterocycles. The Balaban J connectivity index is 1.60. The fraction of sp³-hybridized carbons (Fsp3) is 0.353. The second-order valence-electron chi connectivity index (χ2n) is 5.84. The summed E-state index contributed by atoms with van der Waals surface area (Å²) in [6, 6.07) is 10.9. The molecule has 1 unspecified atom stereocenters. The lowest BCUT2D eigenvalue weighted by Gasteiger charge is -2.33. The van der Waals surface area contributed by atoms with E-state index in [4.69, 9.17) is 22.1 Å². The smallest absolute Gasteiger partial charge is 0.269 e. The lowest BCUT2D eigenvalue weighted by atomic mass is 9.99. The van der Waals surface area contributed by atoms with E-state index in [9.17, 15) is 4.79 Å². The Bertz CT molecular complexity index is 708. The van der Waals surface area contributed by atoms with Crippen molar-refractivity contribution in [2.75, 3.05) is 24.6 Å². The fourth-order valence-electron chi connectivity index (χ4n) is 2.80. The number of nitrogens with two attached hydrogens (primary N) is 1. The van der Waals surface area contributed by atoms with E-state index in [2.05, 4.69) is 15.1 Å². The first-order chi connectivity index (χ1) is 11.6. The number of nitrogens with zero attached hydrogens (tertiary/aromatic N) is 3. The van der Waals surface area contributed by atoms with Crippen LogP contribution in [0.25, 0.3) is 0 Å². The number of para-hydroxylation sites is 1. The zero-order chi connectivity index (χ0) is 16.9. The van der Waals surface area contributed by atoms with Gasteiger partial charge in [0, 0.05) is 19.0 Å². The molecule has 0 radical (unpaired) electrons. The summed E-state index contributed by atoms with van der Waals surface area (Å²) in [5.41, 5.74) is 5.36. The summed E-state index contributed by atoms with van der Waals surface area (Å²) < 4.78 is 5.86. The number of aromatic nitrogens is 2. The van der Waals surface area contributed by atoms with Gasteiger partial charge in [-0.1, -0.05) is 23.7 Å². The van der Waals surface area contributed by atoms with E-state index in [1.165, 1.54) is 0 Å². The number of piperidine rings is 1. The molecule has 1 aliphatic rings. The van der Waals surface area contributed by atoms with Crippen molar-refractivity contribution in [3.63, 3.8) is 0 Å². The average Bonchev–Trinajstić information content (AvgIpc) is 2.61. The first kappa shape index (κ1) is 16.5. The summed E-state index contributed by atoms with van der Waals surface area (Å²) in [7, 11) is 0. The van der Waals surface area contributed by atoms with Gasteiger partial charge in [-0.25, -0.2) is 0 Å². The van der Waals surface area contributed by atoms with Crippen molar-refractivity contribution in [2.45, 2.75) is 12.8 Å². The Morgan fingerprint density at radius 1 is 1.29 bits per heavy atom. The Hall–Kier alpha value is -2.34. The molecule has 3 rings (SSSR count). The van der Waals surface area contributed by atoms with Gasteiger partial charge >= 0.3 is 0 Å². The molecule has 0 bridgehead atoms. The van der Waals surface area contributed by atoms with Crippen LogP contribution in [0.3, 0.4) is 0 Å². The minimum absolute atomic E-state index is 0.175. The van der Waals surface area contributed by atoms with Crippen molar-refractivity contribution in [1.82, 2.24) is 10.2 Å². The molecule has 6 nitrogen and oxygen atoms in total. The normalized spacial score (nSPS) is 17.5. The van der Waals surface area contributed by atoms with Gasteiger partial charge in [-0.05, 0) is 37.1 Å². The quantitative estimate of drug-likeness (QED) is 0.899. The van der Waals surface area contributed by atoms with Crippen LogP contribution in [0.2, 0.25) is 5.02 Å². The number of hydrogen-bond donors (Lipinski definition) is 1. The summed E-state index contributed by atoms with van der Waals surface area (Å²) >= 11 is 6.12. The van der Waals surface area contributed by atoms with E-state index in [1.54, 1.807) is 12.1 Å². The highest BCUT2D eigenvalue weighted by atomic mass is 35.5. The number of hydrogen-bond acceptors (Lipinski definition) is 5. The monoisotopic (exact) mass is 346 g/mol. The lowest BCUT2D eigenvalue weighted by molar-refractivity contribution is 0.0994. The number of carbonyl (C=O) groups excluding carboxylic acids is 1. The molecule has 1 aromatic heterocycles. The maximum Gasteiger partial charge on any atom is 0.269 e. The summed E-state index contributed by atoms with van der Waals surface area (Å²) in [6.07, 6.45) is 2.14. The molecule has 24 heavy (non-hydrogen) atoms. The van der Waals surface area contributed by atoms with Crippen molar-refractivity contribution in [1.29, 1.82) is 0 Å². The number of ether oxygens (including phenoxy) is 1. The third-order valence-corrected chi connectivity index (χ3v) is 4.37. The van der Waals surface area contributed by atoms with Crippen LogP contribution >= 0.6 is 11.6 Å². The van der Waals surface area contributed by atoms with Crippen molar-refractivity contribution < 1.29 is 9.53 Å². The van der Waals surface area contributed by atoms with Gasteiger partial charge in [0.05, 0.1) is 11.6 Å². The maximum absolute atomic E-state index is 11.1. The molecule has 2 N–H and O–H groups in total. The molecule has 1 atom stereocenters. The fourth-order valence-corrected chi connectivity index (χ4v) is 2.99. The summed E-state index contributed by atoms with van der Waals surface area (Å²) in [4.78, 5) is 13.2. The van der Waals surface area contributed by atoms with Gasteiger partial charge in [0.1, 0.15) is 5.75 Å². The Labute approximate surface area is 145 Å². The first-order valence-corrected chi connectivity index (χ1v) is 8.27. The number of amides is 1. The average molecular weight is 347 g/mol. The Morgan fingerprint density at radius 3 is 2.83 bits per heavy atom. The van der Waals surface area contributed by atoms with Crippen molar-refractivity contribution in [2.24, 2.45) is 11.7 Å². The molecule has 0 aliphatic carbocycles. The molecule has 0 spiro atoms. The van der Waals surface area contributed by atoms with Gasteiger partial charge < -0.3 is 15.4 Å². The van der Waals surface area contributed by atoms with Crippen LogP contribution in [0.1, 0.15) is 23.3 Å². The standard InChI is InChI=1S/C17H19ClN4O2/c18-13-5-1-2-6-15(13)24-11-12-4-3-9-22(10-12)16-8-7-14(17(19)23)20-21-16/h1-2,5-8,12H,3-4,9-11H2,(H2,19,23). The van der Waals surface area contributed by atoms with E-state index in [-0.39, 0.29) is 5.69 Å². The molecule has 1 amide bonds. The molecule has 1 aliphatic heterocycles. The number of rotatable bonds is 5. The highest BCUT2D eigenvalue weighted by Crippen LogP contribution is 2.26. The van der Waals surface area contributed by atoms with E-state index in [0.717, 1.165) is 31.7 Å². The van der Waals surface area contributed by atoms with Gasteiger partial charge in [0.2, 0.25) is 0 Å². The van der Waals surface area contributed by atoms with Gasteiger partial charge in [0.15, 0.2) is 11.5 Å².